The quantitative estimate of drug-likeness (QED) is 0.475. The Kier molecular flexibility index (Phi) is 8.19. The van der Waals surface area contributed by atoms with E-state index >= 15 is 0 Å². The first-order valence-corrected chi connectivity index (χ1v) is 11.9. The van der Waals surface area contributed by atoms with E-state index in [2.05, 4.69) is 51.2 Å². The number of aromatic nitrogens is 4. The number of rotatable bonds is 10. The summed E-state index contributed by atoms with van der Waals surface area (Å²) in [4.78, 5) is 25.9. The Morgan fingerprint density at radius 2 is 1.97 bits per heavy atom. The second-order valence-electron chi connectivity index (χ2n) is 9.04. The molecule has 0 aliphatic carbocycles. The van der Waals surface area contributed by atoms with Crippen molar-refractivity contribution in [3.63, 3.8) is 0 Å². The highest BCUT2D eigenvalue weighted by Crippen LogP contribution is 2.22. The van der Waals surface area contributed by atoms with Crippen LogP contribution in [0.15, 0.2) is 61.4 Å². The van der Waals surface area contributed by atoms with Gasteiger partial charge in [0.25, 0.3) is 0 Å². The Labute approximate surface area is 196 Å². The molecule has 174 valence electrons. The van der Waals surface area contributed by atoms with Gasteiger partial charge in [0.05, 0.1) is 0 Å². The molecule has 0 radical (unpaired) electrons. The van der Waals surface area contributed by atoms with Crippen LogP contribution in [-0.4, -0.2) is 55.1 Å². The zero-order chi connectivity index (χ0) is 22.9. The number of piperidine rings is 1. The van der Waals surface area contributed by atoms with E-state index < -0.39 is 0 Å². The zero-order valence-corrected chi connectivity index (χ0v) is 19.5. The van der Waals surface area contributed by atoms with Crippen LogP contribution in [0.5, 0.6) is 0 Å². The lowest BCUT2D eigenvalue weighted by molar-refractivity contribution is -0.133. The summed E-state index contributed by atoms with van der Waals surface area (Å²) in [5.74, 6) is 0.746. The molecule has 7 nitrogen and oxygen atoms in total. The molecule has 1 aromatic carbocycles. The number of pyridine rings is 1. The van der Waals surface area contributed by atoms with Crippen molar-refractivity contribution in [1.29, 1.82) is 0 Å². The van der Waals surface area contributed by atoms with Crippen LogP contribution in [0.1, 0.15) is 42.4 Å². The Bertz CT molecular complexity index is 983. The monoisotopic (exact) mass is 446 g/mol. The van der Waals surface area contributed by atoms with Gasteiger partial charge in [0.15, 0.2) is 0 Å². The van der Waals surface area contributed by atoms with Crippen molar-refractivity contribution in [2.75, 3.05) is 19.6 Å². The van der Waals surface area contributed by atoms with Crippen LogP contribution in [0.2, 0.25) is 0 Å². The molecule has 0 saturated carbocycles. The Morgan fingerprint density at radius 1 is 1.12 bits per heavy atom. The van der Waals surface area contributed by atoms with E-state index in [1.54, 1.807) is 17.2 Å². The predicted molar refractivity (Wildman–Crippen MR) is 128 cm³/mol. The van der Waals surface area contributed by atoms with Gasteiger partial charge in [0.1, 0.15) is 12.7 Å². The molecule has 1 saturated heterocycles. The largest absolute Gasteiger partial charge is 0.338 e. The average Bonchev–Trinajstić information content (AvgIpc) is 3.35. The third-order valence-electron chi connectivity index (χ3n) is 6.53. The summed E-state index contributed by atoms with van der Waals surface area (Å²) in [6, 6.07) is 12.6. The highest BCUT2D eigenvalue weighted by molar-refractivity contribution is 5.76. The van der Waals surface area contributed by atoms with E-state index in [0.29, 0.717) is 25.4 Å². The van der Waals surface area contributed by atoms with Crippen LogP contribution >= 0.6 is 0 Å². The minimum Gasteiger partial charge on any atom is -0.338 e. The number of likely N-dealkylation sites (tertiary alicyclic amines) is 1. The minimum absolute atomic E-state index is 0.210. The summed E-state index contributed by atoms with van der Waals surface area (Å²) >= 11 is 0. The maximum atomic E-state index is 13.1. The van der Waals surface area contributed by atoms with E-state index in [0.717, 1.165) is 51.0 Å². The second kappa shape index (κ2) is 11.7. The first kappa shape index (κ1) is 23.1. The number of benzene rings is 1. The number of aryl methyl sites for hydroxylation is 2. The van der Waals surface area contributed by atoms with Gasteiger partial charge in [-0.25, -0.2) is 4.98 Å². The van der Waals surface area contributed by atoms with Crippen molar-refractivity contribution < 1.29 is 4.79 Å². The van der Waals surface area contributed by atoms with Crippen LogP contribution in [0, 0.1) is 12.8 Å². The molecule has 1 aliphatic heterocycles. The van der Waals surface area contributed by atoms with E-state index in [4.69, 9.17) is 0 Å². The highest BCUT2D eigenvalue weighted by Gasteiger charge is 2.24. The molecule has 0 spiro atoms. The van der Waals surface area contributed by atoms with Crippen molar-refractivity contribution in [3.8, 4) is 0 Å². The first-order chi connectivity index (χ1) is 16.2. The van der Waals surface area contributed by atoms with Gasteiger partial charge in [-0.1, -0.05) is 30.3 Å². The van der Waals surface area contributed by atoms with Gasteiger partial charge in [0.2, 0.25) is 5.91 Å². The van der Waals surface area contributed by atoms with Crippen LogP contribution < -0.4 is 0 Å². The molecular weight excluding hydrogens is 412 g/mol. The fraction of sp³-hybridized carbons (Fsp3) is 0.462. The standard InChI is InChI=1S/C26H34N6O/c1-22-6-2-3-8-25(22)19-30-14-10-23(11-15-30)17-31(18-24-7-4-12-27-16-24)26(33)9-5-13-32-21-28-20-29-32/h2-4,6-8,12,16,20-21,23H,5,9-11,13-15,17-19H2,1H3. The molecule has 0 bridgehead atoms. The summed E-state index contributed by atoms with van der Waals surface area (Å²) in [5.41, 5.74) is 3.86. The first-order valence-electron chi connectivity index (χ1n) is 11.9. The lowest BCUT2D eigenvalue weighted by Crippen LogP contribution is -2.40. The molecule has 4 rings (SSSR count). The molecule has 3 heterocycles. The molecule has 1 fully saturated rings. The van der Waals surface area contributed by atoms with E-state index in [9.17, 15) is 4.79 Å². The third-order valence-corrected chi connectivity index (χ3v) is 6.53. The molecule has 7 heteroatoms. The fourth-order valence-corrected chi connectivity index (χ4v) is 4.53. The summed E-state index contributed by atoms with van der Waals surface area (Å²) in [5, 5.41) is 4.13. The number of nitrogens with zero attached hydrogens (tertiary/aromatic N) is 6. The van der Waals surface area contributed by atoms with E-state index in [-0.39, 0.29) is 5.91 Å². The fourth-order valence-electron chi connectivity index (χ4n) is 4.53. The number of carbonyl (C=O) groups excluding carboxylic acids is 1. The number of amides is 1. The Hall–Kier alpha value is -3.06. The van der Waals surface area contributed by atoms with Crippen molar-refractivity contribution >= 4 is 5.91 Å². The van der Waals surface area contributed by atoms with Crippen LogP contribution in [-0.2, 0) is 24.4 Å². The topological polar surface area (TPSA) is 67.2 Å². The molecule has 1 aliphatic rings. The molecule has 2 aromatic heterocycles. The van der Waals surface area contributed by atoms with Crippen LogP contribution in [0.25, 0.3) is 0 Å². The van der Waals surface area contributed by atoms with Gasteiger partial charge in [-0.15, -0.1) is 0 Å². The lowest BCUT2D eigenvalue weighted by atomic mass is 9.95. The van der Waals surface area contributed by atoms with E-state index in [1.807, 2.05) is 23.2 Å². The molecule has 0 N–H and O–H groups in total. The van der Waals surface area contributed by atoms with Crippen molar-refractivity contribution in [2.45, 2.75) is 52.2 Å². The van der Waals surface area contributed by atoms with Gasteiger partial charge >= 0.3 is 0 Å². The summed E-state index contributed by atoms with van der Waals surface area (Å²) in [7, 11) is 0. The molecule has 0 unspecified atom stereocenters. The summed E-state index contributed by atoms with van der Waals surface area (Å²) < 4.78 is 1.78. The highest BCUT2D eigenvalue weighted by atomic mass is 16.2. The van der Waals surface area contributed by atoms with Gasteiger partial charge in [0, 0.05) is 45.0 Å². The minimum atomic E-state index is 0.210. The number of hydrogen-bond donors (Lipinski definition) is 0. The number of hydrogen-bond acceptors (Lipinski definition) is 5. The molecule has 1 amide bonds. The normalized spacial score (nSPS) is 14.9. The van der Waals surface area contributed by atoms with Crippen LogP contribution in [0.3, 0.4) is 0 Å². The second-order valence-corrected chi connectivity index (χ2v) is 9.04. The smallest absolute Gasteiger partial charge is 0.222 e. The molecule has 3 aromatic rings. The van der Waals surface area contributed by atoms with Gasteiger partial charge < -0.3 is 4.90 Å². The lowest BCUT2D eigenvalue weighted by Gasteiger charge is -2.35. The van der Waals surface area contributed by atoms with Crippen molar-refractivity contribution in [2.24, 2.45) is 5.92 Å². The zero-order valence-electron chi connectivity index (χ0n) is 19.5. The molecule has 33 heavy (non-hydrogen) atoms. The van der Waals surface area contributed by atoms with Crippen molar-refractivity contribution in [3.05, 3.63) is 78.1 Å². The molecule has 0 atom stereocenters. The summed E-state index contributed by atoms with van der Waals surface area (Å²) in [6.45, 7) is 7.52. The SMILES string of the molecule is Cc1ccccc1CN1CCC(CN(Cc2cccnc2)C(=O)CCCn2cncn2)CC1. The van der Waals surface area contributed by atoms with Crippen molar-refractivity contribution in [1.82, 2.24) is 29.5 Å². The summed E-state index contributed by atoms with van der Waals surface area (Å²) in [6.07, 6.45) is 10.4. The third kappa shape index (κ3) is 6.96. The van der Waals surface area contributed by atoms with Gasteiger partial charge in [-0.2, -0.15) is 5.10 Å². The molecular formula is C26H34N6O. The maximum Gasteiger partial charge on any atom is 0.222 e. The maximum absolute atomic E-state index is 13.1. The average molecular weight is 447 g/mol. The predicted octanol–water partition coefficient (Wildman–Crippen LogP) is 3.70. The van der Waals surface area contributed by atoms with Gasteiger partial charge in [-0.3, -0.25) is 19.4 Å². The van der Waals surface area contributed by atoms with E-state index in [1.165, 1.54) is 17.5 Å². The Morgan fingerprint density at radius 3 is 2.70 bits per heavy atom. The van der Waals surface area contributed by atoms with Crippen LogP contribution in [0.4, 0.5) is 0 Å². The number of carbonyl (C=O) groups is 1. The Balaban J connectivity index is 1.30. The van der Waals surface area contributed by atoms with Gasteiger partial charge in [-0.05, 0) is 68.0 Å².